The highest BCUT2D eigenvalue weighted by Crippen LogP contribution is 2.32. The van der Waals surface area contributed by atoms with Crippen molar-refractivity contribution in [2.45, 2.75) is 50.0 Å². The molecular weight excluding hydrogens is 466 g/mol. The highest BCUT2D eigenvalue weighted by Gasteiger charge is 2.33. The Kier molecular flexibility index (Phi) is 7.35. The van der Waals surface area contributed by atoms with Crippen LogP contribution in [0, 0.1) is 0 Å². The first kappa shape index (κ1) is 24.7. The number of rotatable bonds is 8. The van der Waals surface area contributed by atoms with E-state index in [0.717, 1.165) is 16.9 Å². The van der Waals surface area contributed by atoms with Crippen LogP contribution in [0.25, 0.3) is 11.3 Å². The van der Waals surface area contributed by atoms with E-state index in [9.17, 15) is 13.8 Å². The maximum Gasteiger partial charge on any atom is 0.232 e. The number of likely N-dealkylation sites (tertiary alicyclic amines) is 1. The van der Waals surface area contributed by atoms with Gasteiger partial charge < -0.3 is 14.1 Å². The van der Waals surface area contributed by atoms with E-state index in [1.807, 2.05) is 18.2 Å². The maximum atomic E-state index is 12.5. The molecule has 2 amide bonds. The average Bonchev–Trinajstić information content (AvgIpc) is 3.34. The van der Waals surface area contributed by atoms with Crippen LogP contribution in [0.2, 0.25) is 0 Å². The molecule has 2 heterocycles. The van der Waals surface area contributed by atoms with Gasteiger partial charge >= 0.3 is 0 Å². The molecule has 2 aromatic carbocycles. The third kappa shape index (κ3) is 6.16. The predicted molar refractivity (Wildman–Crippen MR) is 132 cm³/mol. The summed E-state index contributed by atoms with van der Waals surface area (Å²) in [4.78, 5) is 30.7. The quantitative estimate of drug-likeness (QED) is 0.509. The smallest absolute Gasteiger partial charge is 0.232 e. The number of hydrogen-bond donors (Lipinski definition) is 1. The van der Waals surface area contributed by atoms with E-state index in [1.165, 1.54) is 6.39 Å². The molecule has 0 spiro atoms. The molecule has 1 aromatic heterocycles. The van der Waals surface area contributed by atoms with E-state index in [-0.39, 0.29) is 30.3 Å². The maximum absolute atomic E-state index is 12.5. The van der Waals surface area contributed by atoms with Crippen LogP contribution in [0.3, 0.4) is 0 Å². The second kappa shape index (κ2) is 10.4. The van der Waals surface area contributed by atoms with E-state index in [0.29, 0.717) is 23.7 Å². The third-order valence-electron chi connectivity index (χ3n) is 5.75. The Bertz CT molecular complexity index is 1200. The lowest BCUT2D eigenvalue weighted by Gasteiger charge is -2.40. The number of nitrogens with zero attached hydrogens (tertiary/aromatic N) is 2. The first-order valence-corrected chi connectivity index (χ1v) is 12.6. The number of para-hydroxylation sites is 1. The van der Waals surface area contributed by atoms with Crippen LogP contribution in [0.15, 0.2) is 70.4 Å². The zero-order chi connectivity index (χ0) is 25.0. The predicted octanol–water partition coefficient (Wildman–Crippen LogP) is 3.85. The summed E-state index contributed by atoms with van der Waals surface area (Å²) in [6.07, 6.45) is 2.88. The third-order valence-corrected chi connectivity index (χ3v) is 6.86. The van der Waals surface area contributed by atoms with Crippen molar-refractivity contribution < 1.29 is 23.0 Å². The molecule has 0 radical (unpaired) electrons. The number of oxazole rings is 1. The van der Waals surface area contributed by atoms with E-state index < -0.39 is 16.9 Å². The normalized spacial score (nSPS) is 14.8. The van der Waals surface area contributed by atoms with Crippen LogP contribution in [0.1, 0.15) is 39.2 Å². The van der Waals surface area contributed by atoms with Crippen LogP contribution in [0.4, 0.5) is 0 Å². The fraction of sp³-hybridized carbons (Fsp3) is 0.346. The molecule has 1 atom stereocenters. The minimum atomic E-state index is -1.71. The molecule has 1 aliphatic rings. The molecule has 184 valence electrons. The van der Waals surface area contributed by atoms with Crippen LogP contribution in [-0.2, 0) is 26.0 Å². The van der Waals surface area contributed by atoms with Gasteiger partial charge in [-0.3, -0.25) is 14.3 Å². The summed E-state index contributed by atoms with van der Waals surface area (Å²) in [6.45, 7) is 7.39. The minimum absolute atomic E-state index is 0.0321. The molecule has 1 fully saturated rings. The topological polar surface area (TPSA) is 102 Å². The fourth-order valence-electron chi connectivity index (χ4n) is 3.78. The SMILES string of the molecule is CC(C)(C)c1ccccc1OC1CN(C(=O)CCC(=O)NS(=O)c2ccc(-c3cnco3)cc2)C1. The number of carbonyl (C=O) groups excluding carboxylic acids is 2. The number of ether oxygens (including phenoxy) is 1. The minimum Gasteiger partial charge on any atom is -0.486 e. The zero-order valence-corrected chi connectivity index (χ0v) is 20.8. The molecule has 1 aliphatic heterocycles. The number of hydrogen-bond acceptors (Lipinski definition) is 6. The van der Waals surface area contributed by atoms with E-state index in [1.54, 1.807) is 35.4 Å². The van der Waals surface area contributed by atoms with Crippen molar-refractivity contribution in [2.75, 3.05) is 13.1 Å². The zero-order valence-electron chi connectivity index (χ0n) is 20.0. The van der Waals surface area contributed by atoms with Gasteiger partial charge in [0.2, 0.25) is 11.8 Å². The van der Waals surface area contributed by atoms with Crippen molar-refractivity contribution in [3.63, 3.8) is 0 Å². The molecule has 35 heavy (non-hydrogen) atoms. The monoisotopic (exact) mass is 495 g/mol. The molecule has 1 N–H and O–H groups in total. The van der Waals surface area contributed by atoms with Crippen molar-refractivity contribution in [3.8, 4) is 17.1 Å². The van der Waals surface area contributed by atoms with Crippen LogP contribution in [-0.4, -0.2) is 45.1 Å². The average molecular weight is 496 g/mol. The summed E-state index contributed by atoms with van der Waals surface area (Å²) >= 11 is 0. The number of carbonyl (C=O) groups is 2. The number of amides is 2. The Labute approximate surface area is 207 Å². The Morgan fingerprint density at radius 2 is 1.83 bits per heavy atom. The Morgan fingerprint density at radius 1 is 1.11 bits per heavy atom. The Hall–Kier alpha value is -3.46. The molecule has 1 unspecified atom stereocenters. The number of benzene rings is 2. The van der Waals surface area contributed by atoms with Crippen molar-refractivity contribution in [2.24, 2.45) is 0 Å². The molecule has 1 saturated heterocycles. The van der Waals surface area contributed by atoms with Crippen molar-refractivity contribution in [1.29, 1.82) is 0 Å². The molecular formula is C26H29N3O5S. The van der Waals surface area contributed by atoms with Crippen LogP contribution >= 0.6 is 0 Å². The molecule has 0 bridgehead atoms. The molecule has 8 nitrogen and oxygen atoms in total. The van der Waals surface area contributed by atoms with Gasteiger partial charge in [-0.05, 0) is 41.3 Å². The summed E-state index contributed by atoms with van der Waals surface area (Å²) < 4.78 is 26.2. The summed E-state index contributed by atoms with van der Waals surface area (Å²) in [6, 6.07) is 14.7. The van der Waals surface area contributed by atoms with Gasteiger partial charge in [0.1, 0.15) is 11.9 Å². The van der Waals surface area contributed by atoms with E-state index in [4.69, 9.17) is 9.15 Å². The van der Waals surface area contributed by atoms with Crippen LogP contribution < -0.4 is 9.46 Å². The van der Waals surface area contributed by atoms with Gasteiger partial charge in [-0.15, -0.1) is 0 Å². The fourth-order valence-corrected chi connectivity index (χ4v) is 4.59. The first-order chi connectivity index (χ1) is 16.7. The summed E-state index contributed by atoms with van der Waals surface area (Å²) in [5.74, 6) is 0.879. The van der Waals surface area contributed by atoms with Gasteiger partial charge in [-0.1, -0.05) is 39.0 Å². The lowest BCUT2D eigenvalue weighted by molar-refractivity contribution is -0.141. The first-order valence-electron chi connectivity index (χ1n) is 11.4. The van der Waals surface area contributed by atoms with E-state index >= 15 is 0 Å². The molecule has 3 aromatic rings. The lowest BCUT2D eigenvalue weighted by atomic mass is 9.86. The number of aromatic nitrogens is 1. The molecule has 0 aliphatic carbocycles. The van der Waals surface area contributed by atoms with Crippen molar-refractivity contribution >= 4 is 22.8 Å². The van der Waals surface area contributed by atoms with Gasteiger partial charge in [-0.25, -0.2) is 9.19 Å². The van der Waals surface area contributed by atoms with E-state index in [2.05, 4.69) is 36.5 Å². The standard InChI is InChI=1S/C26H29N3O5S/c1-26(2,3)21-6-4-5-7-22(21)34-19-15-29(16-19)25(31)13-12-24(30)28-35(32)20-10-8-18(9-11-20)23-14-27-17-33-23/h4-11,14,17,19H,12-13,15-16H2,1-3H3,(H,28,30). The summed E-state index contributed by atoms with van der Waals surface area (Å²) in [5, 5.41) is 0. The van der Waals surface area contributed by atoms with Gasteiger partial charge in [-0.2, -0.15) is 0 Å². The Balaban J connectivity index is 1.20. The second-order valence-electron chi connectivity index (χ2n) is 9.47. The van der Waals surface area contributed by atoms with Crippen molar-refractivity contribution in [3.05, 3.63) is 66.7 Å². The summed E-state index contributed by atoms with van der Waals surface area (Å²) in [5.41, 5.74) is 1.88. The van der Waals surface area contributed by atoms with Gasteiger partial charge in [0.25, 0.3) is 0 Å². The van der Waals surface area contributed by atoms with Crippen molar-refractivity contribution in [1.82, 2.24) is 14.6 Å². The largest absolute Gasteiger partial charge is 0.486 e. The molecule has 9 heteroatoms. The number of nitrogens with one attached hydrogen (secondary N) is 1. The Morgan fingerprint density at radius 3 is 2.49 bits per heavy atom. The molecule has 4 rings (SSSR count). The van der Waals surface area contributed by atoms with Gasteiger partial charge in [0, 0.05) is 18.4 Å². The second-order valence-corrected chi connectivity index (χ2v) is 10.7. The highest BCUT2D eigenvalue weighted by molar-refractivity contribution is 7.83. The lowest BCUT2D eigenvalue weighted by Crippen LogP contribution is -2.56. The highest BCUT2D eigenvalue weighted by atomic mass is 32.2. The van der Waals surface area contributed by atoms with Crippen LogP contribution in [0.5, 0.6) is 5.75 Å². The molecule has 0 saturated carbocycles. The summed E-state index contributed by atoms with van der Waals surface area (Å²) in [7, 11) is -1.71. The van der Waals surface area contributed by atoms with Gasteiger partial charge in [0.05, 0.1) is 24.2 Å². The van der Waals surface area contributed by atoms with Gasteiger partial charge in [0.15, 0.2) is 23.1 Å².